The Morgan fingerprint density at radius 3 is 2.71 bits per heavy atom. The fourth-order valence-corrected chi connectivity index (χ4v) is 3.29. The number of nitrogens with zero attached hydrogens (tertiary/aromatic N) is 4. The standard InChI is InChI=1S/C18H20FN5O4/c19-18-22-16(20-8-10-6-11(25)15(27)12(26)7-10)14-17(23-18)24(9-21-14)13-4-2-1-3-5-28-13/h6-7,9,13,25-27H,1-5,8H2,(H,20,22,23). The van der Waals surface area contributed by atoms with Crippen molar-refractivity contribution in [3.8, 4) is 17.2 Å². The molecule has 0 saturated carbocycles. The summed E-state index contributed by atoms with van der Waals surface area (Å²) in [6, 6.07) is 2.57. The Bertz CT molecular complexity index is 978. The Balaban J connectivity index is 1.62. The monoisotopic (exact) mass is 389 g/mol. The van der Waals surface area contributed by atoms with Crippen molar-refractivity contribution in [2.75, 3.05) is 11.9 Å². The Hall–Kier alpha value is -3.14. The van der Waals surface area contributed by atoms with Gasteiger partial charge in [-0.3, -0.25) is 4.57 Å². The van der Waals surface area contributed by atoms with Gasteiger partial charge in [0.25, 0.3) is 0 Å². The molecule has 1 aliphatic rings. The van der Waals surface area contributed by atoms with Gasteiger partial charge in [-0.05, 0) is 37.0 Å². The van der Waals surface area contributed by atoms with Crippen LogP contribution in [0.25, 0.3) is 11.2 Å². The largest absolute Gasteiger partial charge is 0.504 e. The summed E-state index contributed by atoms with van der Waals surface area (Å²) in [4.78, 5) is 12.0. The van der Waals surface area contributed by atoms with E-state index >= 15 is 0 Å². The van der Waals surface area contributed by atoms with E-state index in [-0.39, 0.29) is 18.6 Å². The van der Waals surface area contributed by atoms with Gasteiger partial charge in [0, 0.05) is 13.2 Å². The van der Waals surface area contributed by atoms with Crippen LogP contribution in [0.15, 0.2) is 18.5 Å². The number of rotatable bonds is 4. The molecule has 4 N–H and O–H groups in total. The van der Waals surface area contributed by atoms with Crippen molar-refractivity contribution < 1.29 is 24.4 Å². The van der Waals surface area contributed by atoms with Crippen LogP contribution in [-0.2, 0) is 11.3 Å². The maximum Gasteiger partial charge on any atom is 0.312 e. The van der Waals surface area contributed by atoms with Crippen molar-refractivity contribution >= 4 is 17.0 Å². The number of aromatic nitrogens is 4. The van der Waals surface area contributed by atoms with Gasteiger partial charge in [-0.1, -0.05) is 6.42 Å². The van der Waals surface area contributed by atoms with Crippen molar-refractivity contribution in [1.29, 1.82) is 0 Å². The number of aromatic hydroxyl groups is 3. The van der Waals surface area contributed by atoms with E-state index in [0.717, 1.165) is 25.7 Å². The third-order valence-corrected chi connectivity index (χ3v) is 4.70. The number of anilines is 1. The second-order valence-electron chi connectivity index (χ2n) is 6.68. The summed E-state index contributed by atoms with van der Waals surface area (Å²) in [5, 5.41) is 31.6. The minimum atomic E-state index is -0.901. The lowest BCUT2D eigenvalue weighted by molar-refractivity contribution is 0.00928. The number of phenolic OH excluding ortho intramolecular Hbond substituents is 3. The van der Waals surface area contributed by atoms with Crippen molar-refractivity contribution in [2.45, 2.75) is 38.5 Å². The SMILES string of the molecule is Oc1cc(CNc2nc(F)nc3c2ncn3C2CCCCCO2)cc(O)c1O. The van der Waals surface area contributed by atoms with Crippen molar-refractivity contribution in [2.24, 2.45) is 0 Å². The van der Waals surface area contributed by atoms with Crippen LogP contribution in [0, 0.1) is 6.08 Å². The summed E-state index contributed by atoms with van der Waals surface area (Å²) in [6.45, 7) is 0.747. The summed E-state index contributed by atoms with van der Waals surface area (Å²) in [5.41, 5.74) is 1.19. The molecule has 3 heterocycles. The van der Waals surface area contributed by atoms with E-state index in [0.29, 0.717) is 23.3 Å². The average molecular weight is 389 g/mol. The first-order chi connectivity index (χ1) is 13.5. The molecule has 28 heavy (non-hydrogen) atoms. The number of fused-ring (bicyclic) bond motifs is 1. The normalized spacial score (nSPS) is 17.5. The molecule has 1 unspecified atom stereocenters. The smallest absolute Gasteiger partial charge is 0.312 e. The van der Waals surface area contributed by atoms with E-state index in [1.165, 1.54) is 12.1 Å². The van der Waals surface area contributed by atoms with Crippen LogP contribution in [0.3, 0.4) is 0 Å². The van der Waals surface area contributed by atoms with E-state index in [4.69, 9.17) is 4.74 Å². The summed E-state index contributed by atoms with van der Waals surface area (Å²) >= 11 is 0. The molecule has 1 aliphatic heterocycles. The first-order valence-corrected chi connectivity index (χ1v) is 9.02. The number of nitrogens with one attached hydrogen (secondary N) is 1. The van der Waals surface area contributed by atoms with Crippen LogP contribution < -0.4 is 5.32 Å². The van der Waals surface area contributed by atoms with Gasteiger partial charge in [-0.2, -0.15) is 14.4 Å². The number of phenols is 3. The second kappa shape index (κ2) is 7.47. The molecule has 10 heteroatoms. The summed E-state index contributed by atoms with van der Waals surface area (Å²) < 4.78 is 21.6. The minimum absolute atomic E-state index is 0.111. The summed E-state index contributed by atoms with van der Waals surface area (Å²) in [5.74, 6) is -1.32. The molecule has 0 amide bonds. The zero-order valence-corrected chi connectivity index (χ0v) is 15.0. The average Bonchev–Trinajstić information content (AvgIpc) is 2.90. The molecule has 0 radical (unpaired) electrons. The molecule has 2 aromatic heterocycles. The molecule has 9 nitrogen and oxygen atoms in total. The highest BCUT2D eigenvalue weighted by molar-refractivity contribution is 5.82. The maximum absolute atomic E-state index is 14.1. The first kappa shape index (κ1) is 18.2. The van der Waals surface area contributed by atoms with Gasteiger partial charge in [0.05, 0.1) is 6.33 Å². The Labute approximate surface area is 159 Å². The van der Waals surface area contributed by atoms with Gasteiger partial charge in [0.1, 0.15) is 6.23 Å². The molecule has 0 bridgehead atoms. The number of ether oxygens (including phenoxy) is 1. The summed E-state index contributed by atoms with van der Waals surface area (Å²) in [6.07, 6.45) is 4.31. The van der Waals surface area contributed by atoms with E-state index < -0.39 is 23.3 Å². The molecule has 0 spiro atoms. The lowest BCUT2D eigenvalue weighted by Gasteiger charge is -2.17. The summed E-state index contributed by atoms with van der Waals surface area (Å²) in [7, 11) is 0. The highest BCUT2D eigenvalue weighted by atomic mass is 19.1. The third kappa shape index (κ3) is 3.50. The predicted molar refractivity (Wildman–Crippen MR) is 97.5 cm³/mol. The molecule has 1 fully saturated rings. The number of benzene rings is 1. The van der Waals surface area contributed by atoms with Gasteiger partial charge in [-0.15, -0.1) is 0 Å². The molecule has 4 rings (SSSR count). The molecule has 1 atom stereocenters. The van der Waals surface area contributed by atoms with Crippen LogP contribution in [-0.4, -0.2) is 41.4 Å². The lowest BCUT2D eigenvalue weighted by atomic mass is 10.2. The van der Waals surface area contributed by atoms with Crippen molar-refractivity contribution in [3.05, 3.63) is 30.1 Å². The highest BCUT2D eigenvalue weighted by Crippen LogP contribution is 2.35. The fraction of sp³-hybridized carbons (Fsp3) is 0.389. The number of hydrogen-bond acceptors (Lipinski definition) is 8. The van der Waals surface area contributed by atoms with E-state index in [1.54, 1.807) is 10.9 Å². The quantitative estimate of drug-likeness (QED) is 0.396. The van der Waals surface area contributed by atoms with Gasteiger partial charge in [-0.25, -0.2) is 4.98 Å². The van der Waals surface area contributed by atoms with E-state index in [1.807, 2.05) is 0 Å². The number of hydrogen-bond donors (Lipinski definition) is 4. The lowest BCUT2D eigenvalue weighted by Crippen LogP contribution is -2.12. The zero-order chi connectivity index (χ0) is 19.7. The molecular formula is C18H20FN5O4. The van der Waals surface area contributed by atoms with Crippen LogP contribution in [0.4, 0.5) is 10.2 Å². The van der Waals surface area contributed by atoms with Crippen LogP contribution in [0.1, 0.15) is 37.5 Å². The topological polar surface area (TPSA) is 126 Å². The molecule has 1 saturated heterocycles. The van der Waals surface area contributed by atoms with Gasteiger partial charge >= 0.3 is 6.08 Å². The van der Waals surface area contributed by atoms with Crippen LogP contribution in [0.5, 0.6) is 17.2 Å². The molecule has 1 aromatic carbocycles. The molecule has 3 aromatic rings. The second-order valence-corrected chi connectivity index (χ2v) is 6.68. The van der Waals surface area contributed by atoms with Crippen LogP contribution >= 0.6 is 0 Å². The van der Waals surface area contributed by atoms with E-state index in [9.17, 15) is 19.7 Å². The Morgan fingerprint density at radius 2 is 1.93 bits per heavy atom. The van der Waals surface area contributed by atoms with Gasteiger partial charge < -0.3 is 25.4 Å². The fourth-order valence-electron chi connectivity index (χ4n) is 3.29. The first-order valence-electron chi connectivity index (χ1n) is 9.02. The van der Waals surface area contributed by atoms with Crippen LogP contribution in [0.2, 0.25) is 0 Å². The molecule has 148 valence electrons. The maximum atomic E-state index is 14.1. The van der Waals surface area contributed by atoms with Gasteiger partial charge in [0.2, 0.25) is 0 Å². The van der Waals surface area contributed by atoms with E-state index in [2.05, 4.69) is 20.3 Å². The minimum Gasteiger partial charge on any atom is -0.504 e. The Morgan fingerprint density at radius 1 is 1.14 bits per heavy atom. The van der Waals surface area contributed by atoms with Gasteiger partial charge in [0.15, 0.2) is 34.2 Å². The highest BCUT2D eigenvalue weighted by Gasteiger charge is 2.21. The van der Waals surface area contributed by atoms with Crippen molar-refractivity contribution in [1.82, 2.24) is 19.5 Å². The number of imidazole rings is 1. The third-order valence-electron chi connectivity index (χ3n) is 4.70. The van der Waals surface area contributed by atoms with Crippen molar-refractivity contribution in [3.63, 3.8) is 0 Å². The Kier molecular flexibility index (Phi) is 4.86. The number of halogens is 1. The zero-order valence-electron chi connectivity index (χ0n) is 15.0. The molecule has 0 aliphatic carbocycles. The predicted octanol–water partition coefficient (Wildman–Crippen LogP) is 2.78. The molecular weight excluding hydrogens is 369 g/mol.